The molecule has 1 aromatic rings. The van der Waals surface area contributed by atoms with Gasteiger partial charge in [0.05, 0.1) is 11.3 Å². The Labute approximate surface area is 178 Å². The molecule has 28 heavy (non-hydrogen) atoms. The van der Waals surface area contributed by atoms with E-state index in [-0.39, 0.29) is 30.3 Å². The molecule has 3 rings (SSSR count). The molecule has 1 aliphatic carbocycles. The number of carbonyl (C=O) groups excluding carboxylic acids is 2. The number of carbonyl (C=O) groups is 2. The van der Waals surface area contributed by atoms with Crippen molar-refractivity contribution in [3.8, 4) is 0 Å². The predicted molar refractivity (Wildman–Crippen MR) is 117 cm³/mol. The lowest BCUT2D eigenvalue weighted by Gasteiger charge is -2.24. The van der Waals surface area contributed by atoms with Crippen molar-refractivity contribution in [2.45, 2.75) is 55.9 Å². The monoisotopic (exact) mass is 425 g/mol. The quantitative estimate of drug-likeness (QED) is 0.585. The van der Waals surface area contributed by atoms with E-state index in [0.717, 1.165) is 37.4 Å². The van der Waals surface area contributed by atoms with Crippen LogP contribution in [0.1, 0.15) is 55.3 Å². The number of hydrogen-bond acceptors (Lipinski definition) is 4. The number of rotatable bonds is 7. The van der Waals surface area contributed by atoms with Crippen LogP contribution >= 0.6 is 24.2 Å². The largest absolute Gasteiger partial charge is 0.355 e. The van der Waals surface area contributed by atoms with E-state index in [0.29, 0.717) is 17.2 Å². The highest BCUT2D eigenvalue weighted by Crippen LogP contribution is 2.24. The first-order valence-corrected chi connectivity index (χ1v) is 11.2. The Balaban J connectivity index is 0.00000280. The summed E-state index contributed by atoms with van der Waals surface area (Å²) in [6, 6.07) is 7.74. The van der Waals surface area contributed by atoms with E-state index < -0.39 is 0 Å². The first-order valence-electron chi connectivity index (χ1n) is 10.2. The summed E-state index contributed by atoms with van der Waals surface area (Å²) in [4.78, 5) is 25.7. The highest BCUT2D eigenvalue weighted by Gasteiger charge is 2.19. The van der Waals surface area contributed by atoms with E-state index in [9.17, 15) is 9.59 Å². The Morgan fingerprint density at radius 1 is 1.07 bits per heavy atom. The van der Waals surface area contributed by atoms with Gasteiger partial charge in [-0.15, -0.1) is 24.2 Å². The van der Waals surface area contributed by atoms with Crippen molar-refractivity contribution in [1.82, 2.24) is 16.0 Å². The molecule has 0 radical (unpaired) electrons. The zero-order valence-corrected chi connectivity index (χ0v) is 18.0. The fourth-order valence-corrected chi connectivity index (χ4v) is 4.74. The van der Waals surface area contributed by atoms with Crippen LogP contribution in [0.3, 0.4) is 0 Å². The van der Waals surface area contributed by atoms with Crippen LogP contribution in [0, 0.1) is 5.92 Å². The summed E-state index contributed by atoms with van der Waals surface area (Å²) in [5, 5.41) is 9.50. The summed E-state index contributed by atoms with van der Waals surface area (Å²) in [7, 11) is 0. The van der Waals surface area contributed by atoms with Crippen LogP contribution in [0.15, 0.2) is 29.2 Å². The minimum Gasteiger partial charge on any atom is -0.355 e. The molecule has 0 aromatic heterocycles. The number of halogens is 1. The molecule has 7 heteroatoms. The first kappa shape index (κ1) is 23.0. The molecule has 1 saturated carbocycles. The summed E-state index contributed by atoms with van der Waals surface area (Å²) in [6.45, 7) is 2.63. The van der Waals surface area contributed by atoms with E-state index >= 15 is 0 Å². The Hall–Kier alpha value is -1.24. The third-order valence-corrected chi connectivity index (χ3v) is 6.51. The SMILES string of the molecule is Cl.O=C(CSc1ccccc1C(=O)N[C@H]1CCCNC1)NCC1CCCCC1. The van der Waals surface area contributed by atoms with E-state index in [1.54, 1.807) is 0 Å². The van der Waals surface area contributed by atoms with Crippen LogP contribution in [-0.4, -0.2) is 43.2 Å². The topological polar surface area (TPSA) is 70.2 Å². The summed E-state index contributed by atoms with van der Waals surface area (Å²) < 4.78 is 0. The summed E-state index contributed by atoms with van der Waals surface area (Å²) >= 11 is 1.44. The van der Waals surface area contributed by atoms with Crippen LogP contribution in [0.5, 0.6) is 0 Å². The average molecular weight is 426 g/mol. The molecule has 2 fully saturated rings. The Morgan fingerprint density at radius 2 is 1.86 bits per heavy atom. The van der Waals surface area contributed by atoms with Crippen molar-refractivity contribution >= 4 is 36.0 Å². The van der Waals surface area contributed by atoms with Gasteiger partial charge in [-0.3, -0.25) is 9.59 Å². The zero-order chi connectivity index (χ0) is 18.9. The van der Waals surface area contributed by atoms with E-state index in [1.807, 2.05) is 24.3 Å². The van der Waals surface area contributed by atoms with Gasteiger partial charge in [0.1, 0.15) is 0 Å². The molecule has 1 heterocycles. The third-order valence-electron chi connectivity index (χ3n) is 5.44. The number of nitrogens with one attached hydrogen (secondary N) is 3. The van der Waals surface area contributed by atoms with Crippen molar-refractivity contribution in [3.05, 3.63) is 29.8 Å². The summed E-state index contributed by atoms with van der Waals surface area (Å²) in [5.74, 6) is 0.990. The minimum atomic E-state index is -0.0468. The molecule has 1 saturated heterocycles. The third kappa shape index (κ3) is 7.30. The molecule has 1 atom stereocenters. The molecule has 0 spiro atoms. The Bertz CT molecular complexity index is 632. The molecule has 5 nitrogen and oxygen atoms in total. The molecule has 0 unspecified atom stereocenters. The number of piperidine rings is 1. The fraction of sp³-hybridized carbons (Fsp3) is 0.619. The Morgan fingerprint density at radius 3 is 2.61 bits per heavy atom. The van der Waals surface area contributed by atoms with Gasteiger partial charge in [-0.05, 0) is 50.3 Å². The lowest BCUT2D eigenvalue weighted by atomic mass is 9.89. The van der Waals surface area contributed by atoms with Gasteiger partial charge in [0.2, 0.25) is 5.91 Å². The molecule has 0 bridgehead atoms. The van der Waals surface area contributed by atoms with Gasteiger partial charge < -0.3 is 16.0 Å². The molecule has 2 amide bonds. The van der Waals surface area contributed by atoms with Crippen molar-refractivity contribution in [2.75, 3.05) is 25.4 Å². The minimum absolute atomic E-state index is 0. The van der Waals surface area contributed by atoms with E-state index in [2.05, 4.69) is 16.0 Å². The highest BCUT2D eigenvalue weighted by molar-refractivity contribution is 8.00. The van der Waals surface area contributed by atoms with Crippen molar-refractivity contribution < 1.29 is 9.59 Å². The molecule has 1 aliphatic heterocycles. The van der Waals surface area contributed by atoms with Gasteiger partial charge >= 0.3 is 0 Å². The lowest BCUT2D eigenvalue weighted by Crippen LogP contribution is -2.45. The number of amides is 2. The van der Waals surface area contributed by atoms with Crippen LogP contribution in [-0.2, 0) is 4.79 Å². The van der Waals surface area contributed by atoms with Gasteiger partial charge in [0, 0.05) is 24.0 Å². The van der Waals surface area contributed by atoms with Gasteiger partial charge in [-0.25, -0.2) is 0 Å². The van der Waals surface area contributed by atoms with Gasteiger partial charge in [0.15, 0.2) is 0 Å². The summed E-state index contributed by atoms with van der Waals surface area (Å²) in [6.07, 6.45) is 8.46. The van der Waals surface area contributed by atoms with Crippen LogP contribution in [0.2, 0.25) is 0 Å². The average Bonchev–Trinajstić information content (AvgIpc) is 2.72. The second-order valence-electron chi connectivity index (χ2n) is 7.61. The van der Waals surface area contributed by atoms with Crippen molar-refractivity contribution in [2.24, 2.45) is 5.92 Å². The standard InChI is InChI=1S/C21H31N3O2S.ClH/c25-20(23-13-16-7-2-1-3-8-16)15-27-19-11-5-4-10-18(19)21(26)24-17-9-6-12-22-14-17;/h4-5,10-11,16-17,22H,1-3,6-9,12-15H2,(H,23,25)(H,24,26);1H/t17-;/m0./s1. The number of hydrogen-bond donors (Lipinski definition) is 3. The number of benzene rings is 1. The van der Waals surface area contributed by atoms with Crippen molar-refractivity contribution in [1.29, 1.82) is 0 Å². The molecule has 3 N–H and O–H groups in total. The molecular weight excluding hydrogens is 394 g/mol. The zero-order valence-electron chi connectivity index (χ0n) is 16.4. The van der Waals surface area contributed by atoms with Gasteiger partial charge in [0.25, 0.3) is 5.91 Å². The maximum absolute atomic E-state index is 12.7. The Kier molecular flexibility index (Phi) is 10.2. The van der Waals surface area contributed by atoms with E-state index in [1.165, 1.54) is 43.9 Å². The molecule has 156 valence electrons. The maximum atomic E-state index is 12.7. The van der Waals surface area contributed by atoms with Gasteiger partial charge in [-0.1, -0.05) is 31.4 Å². The fourth-order valence-electron chi connectivity index (χ4n) is 3.86. The molecule has 1 aromatic carbocycles. The molecular formula is C21H32ClN3O2S. The van der Waals surface area contributed by atoms with Crippen LogP contribution < -0.4 is 16.0 Å². The smallest absolute Gasteiger partial charge is 0.252 e. The highest BCUT2D eigenvalue weighted by atomic mass is 35.5. The second kappa shape index (κ2) is 12.3. The normalized spacial score (nSPS) is 20.1. The molecule has 2 aliphatic rings. The predicted octanol–water partition coefficient (Wildman–Crippen LogP) is 3.38. The van der Waals surface area contributed by atoms with Gasteiger partial charge in [-0.2, -0.15) is 0 Å². The van der Waals surface area contributed by atoms with Crippen LogP contribution in [0.25, 0.3) is 0 Å². The summed E-state index contributed by atoms with van der Waals surface area (Å²) in [5.41, 5.74) is 0.660. The van der Waals surface area contributed by atoms with Crippen LogP contribution in [0.4, 0.5) is 0 Å². The lowest BCUT2D eigenvalue weighted by molar-refractivity contribution is -0.118. The second-order valence-corrected chi connectivity index (χ2v) is 8.63. The number of thioether (sulfide) groups is 1. The van der Waals surface area contributed by atoms with Crippen molar-refractivity contribution in [3.63, 3.8) is 0 Å². The van der Waals surface area contributed by atoms with E-state index in [4.69, 9.17) is 0 Å². The first-order chi connectivity index (χ1) is 13.2. The maximum Gasteiger partial charge on any atom is 0.252 e.